The molecule has 2 N–H and O–H groups in total. The average molecular weight is 246 g/mol. The Kier molecular flexibility index (Phi) is 9.30. The molecule has 0 heterocycles. The molecular formula is C14H14O4. The molecule has 0 aromatic heterocycles. The van der Waals surface area contributed by atoms with Crippen molar-refractivity contribution < 1.29 is 19.8 Å². The Morgan fingerprint density at radius 2 is 0.722 bits per heavy atom. The van der Waals surface area contributed by atoms with Crippen LogP contribution in [0.1, 0.15) is 0 Å². The average Bonchev–Trinajstić information content (AvgIpc) is 2.29. The lowest BCUT2D eigenvalue weighted by Crippen LogP contribution is -1.84. The summed E-state index contributed by atoms with van der Waals surface area (Å²) in [4.78, 5) is 20.2. The molecule has 0 rings (SSSR count). The number of carboxylic acid groups (broad SMARTS) is 2. The number of carbonyl (C=O) groups is 2. The first-order valence-electron chi connectivity index (χ1n) is 5.10. The zero-order valence-electron chi connectivity index (χ0n) is 9.64. The predicted octanol–water partition coefficient (Wildman–Crippen LogP) is 2.49. The van der Waals surface area contributed by atoms with Crippen LogP contribution >= 0.6 is 0 Å². The lowest BCUT2D eigenvalue weighted by atomic mass is 10.3. The van der Waals surface area contributed by atoms with Gasteiger partial charge in [0, 0.05) is 12.2 Å². The maximum atomic E-state index is 10.1. The van der Waals surface area contributed by atoms with Crippen molar-refractivity contribution in [2.75, 3.05) is 0 Å². The van der Waals surface area contributed by atoms with Crippen LogP contribution in [0.15, 0.2) is 72.9 Å². The van der Waals surface area contributed by atoms with Crippen molar-refractivity contribution >= 4 is 11.9 Å². The molecule has 0 aliphatic heterocycles. The molecular weight excluding hydrogens is 232 g/mol. The third-order valence-corrected chi connectivity index (χ3v) is 1.48. The van der Waals surface area contributed by atoms with Crippen molar-refractivity contribution in [3.63, 3.8) is 0 Å². The van der Waals surface area contributed by atoms with Gasteiger partial charge in [0.25, 0.3) is 0 Å². The Labute approximate surface area is 105 Å². The Bertz CT molecular complexity index is 393. The van der Waals surface area contributed by atoms with Crippen LogP contribution in [0, 0.1) is 0 Å². The molecule has 4 heteroatoms. The standard InChI is InChI=1S/C14H14O4/c15-13(16)11-9-7-5-3-1-2-4-6-8-10-12-14(17)18/h1-12H,(H,15,16)(H,17,18). The van der Waals surface area contributed by atoms with E-state index in [1.165, 1.54) is 12.2 Å². The van der Waals surface area contributed by atoms with E-state index in [1.807, 2.05) is 0 Å². The van der Waals surface area contributed by atoms with E-state index in [2.05, 4.69) is 0 Å². The van der Waals surface area contributed by atoms with E-state index in [9.17, 15) is 9.59 Å². The van der Waals surface area contributed by atoms with Crippen molar-refractivity contribution in [1.29, 1.82) is 0 Å². The minimum Gasteiger partial charge on any atom is -0.478 e. The molecule has 0 unspecified atom stereocenters. The molecule has 0 fully saturated rings. The van der Waals surface area contributed by atoms with E-state index >= 15 is 0 Å². The Balaban J connectivity index is 3.88. The Morgan fingerprint density at radius 1 is 0.500 bits per heavy atom. The summed E-state index contributed by atoms with van der Waals surface area (Å²) in [5, 5.41) is 16.6. The van der Waals surface area contributed by atoms with Gasteiger partial charge >= 0.3 is 11.9 Å². The summed E-state index contributed by atoms with van der Waals surface area (Å²) in [7, 11) is 0. The van der Waals surface area contributed by atoms with Crippen LogP contribution in [0.4, 0.5) is 0 Å². The molecule has 94 valence electrons. The van der Waals surface area contributed by atoms with E-state index in [0.29, 0.717) is 0 Å². The summed E-state index contributed by atoms with van der Waals surface area (Å²) in [6.07, 6.45) is 18.5. The monoisotopic (exact) mass is 246 g/mol. The minimum absolute atomic E-state index is 0.983. The first-order valence-corrected chi connectivity index (χ1v) is 5.10. The van der Waals surface area contributed by atoms with E-state index in [4.69, 9.17) is 10.2 Å². The second-order valence-corrected chi connectivity index (χ2v) is 2.93. The summed E-state index contributed by atoms with van der Waals surface area (Å²) in [6.45, 7) is 0. The van der Waals surface area contributed by atoms with Crippen molar-refractivity contribution in [2.24, 2.45) is 0 Å². The highest BCUT2D eigenvalue weighted by molar-refractivity contribution is 5.80. The number of carboxylic acids is 2. The Morgan fingerprint density at radius 3 is 0.944 bits per heavy atom. The van der Waals surface area contributed by atoms with Crippen LogP contribution < -0.4 is 0 Å². The van der Waals surface area contributed by atoms with Crippen LogP contribution in [0.5, 0.6) is 0 Å². The largest absolute Gasteiger partial charge is 0.478 e. The molecule has 18 heavy (non-hydrogen) atoms. The van der Waals surface area contributed by atoms with E-state index in [-0.39, 0.29) is 0 Å². The normalized spacial score (nSPS) is 13.1. The summed E-state index contributed by atoms with van der Waals surface area (Å²) in [5.41, 5.74) is 0. The topological polar surface area (TPSA) is 74.6 Å². The Hall–Kier alpha value is -2.62. The third kappa shape index (κ3) is 13.4. The molecule has 4 nitrogen and oxygen atoms in total. The fourth-order valence-electron chi connectivity index (χ4n) is 0.789. The lowest BCUT2D eigenvalue weighted by Gasteiger charge is -1.76. The highest BCUT2D eigenvalue weighted by atomic mass is 16.4. The molecule has 0 aromatic carbocycles. The van der Waals surface area contributed by atoms with Gasteiger partial charge in [0.05, 0.1) is 0 Å². The molecule has 0 aliphatic carbocycles. The van der Waals surface area contributed by atoms with Crippen molar-refractivity contribution in [1.82, 2.24) is 0 Å². The number of hydrogen-bond acceptors (Lipinski definition) is 2. The van der Waals surface area contributed by atoms with E-state index in [0.717, 1.165) is 12.2 Å². The van der Waals surface area contributed by atoms with Crippen LogP contribution in [-0.4, -0.2) is 22.2 Å². The predicted molar refractivity (Wildman–Crippen MR) is 70.1 cm³/mol. The van der Waals surface area contributed by atoms with Gasteiger partial charge in [-0.25, -0.2) is 9.59 Å². The second-order valence-electron chi connectivity index (χ2n) is 2.93. The van der Waals surface area contributed by atoms with Gasteiger partial charge in [-0.3, -0.25) is 0 Å². The molecule has 0 radical (unpaired) electrons. The maximum Gasteiger partial charge on any atom is 0.328 e. The van der Waals surface area contributed by atoms with Crippen molar-refractivity contribution in [3.8, 4) is 0 Å². The summed E-state index contributed by atoms with van der Waals surface area (Å²) >= 11 is 0. The van der Waals surface area contributed by atoms with Gasteiger partial charge in [0.2, 0.25) is 0 Å². The summed E-state index contributed by atoms with van der Waals surface area (Å²) in [5.74, 6) is -1.97. The van der Waals surface area contributed by atoms with Crippen LogP contribution in [0.2, 0.25) is 0 Å². The molecule has 0 saturated carbocycles. The molecule has 0 saturated heterocycles. The molecule has 0 bridgehead atoms. The summed E-state index contributed by atoms with van der Waals surface area (Å²) in [6, 6.07) is 0. The number of allylic oxidation sites excluding steroid dienone is 10. The smallest absolute Gasteiger partial charge is 0.328 e. The van der Waals surface area contributed by atoms with Gasteiger partial charge in [-0.2, -0.15) is 0 Å². The van der Waals surface area contributed by atoms with Gasteiger partial charge in [0.15, 0.2) is 0 Å². The maximum absolute atomic E-state index is 10.1. The minimum atomic E-state index is -0.983. The highest BCUT2D eigenvalue weighted by Gasteiger charge is 1.79. The molecule has 0 amide bonds. The number of aliphatic carboxylic acids is 2. The number of hydrogen-bond donors (Lipinski definition) is 2. The third-order valence-electron chi connectivity index (χ3n) is 1.48. The molecule has 0 aromatic rings. The zero-order chi connectivity index (χ0) is 13.6. The fraction of sp³-hybridized carbons (Fsp3) is 0. The van der Waals surface area contributed by atoms with Gasteiger partial charge in [-0.15, -0.1) is 0 Å². The van der Waals surface area contributed by atoms with Crippen LogP contribution in [-0.2, 0) is 9.59 Å². The zero-order valence-corrected chi connectivity index (χ0v) is 9.64. The first-order chi connectivity index (χ1) is 8.63. The van der Waals surface area contributed by atoms with Gasteiger partial charge < -0.3 is 10.2 Å². The summed E-state index contributed by atoms with van der Waals surface area (Å²) < 4.78 is 0. The number of rotatable bonds is 7. The lowest BCUT2D eigenvalue weighted by molar-refractivity contribution is -0.132. The van der Waals surface area contributed by atoms with E-state index in [1.54, 1.807) is 48.6 Å². The van der Waals surface area contributed by atoms with Crippen molar-refractivity contribution in [2.45, 2.75) is 0 Å². The van der Waals surface area contributed by atoms with Gasteiger partial charge in [-0.05, 0) is 0 Å². The first kappa shape index (κ1) is 15.4. The van der Waals surface area contributed by atoms with Gasteiger partial charge in [-0.1, -0.05) is 60.8 Å². The van der Waals surface area contributed by atoms with Crippen LogP contribution in [0.3, 0.4) is 0 Å². The van der Waals surface area contributed by atoms with Crippen LogP contribution in [0.25, 0.3) is 0 Å². The quantitative estimate of drug-likeness (QED) is 0.534. The molecule has 0 atom stereocenters. The van der Waals surface area contributed by atoms with E-state index < -0.39 is 11.9 Å². The van der Waals surface area contributed by atoms with Crippen molar-refractivity contribution in [3.05, 3.63) is 72.9 Å². The highest BCUT2D eigenvalue weighted by Crippen LogP contribution is 1.84. The molecule has 0 spiro atoms. The molecule has 0 aliphatic rings. The SMILES string of the molecule is O=C(O)C=CC=CC=CC=CC=CC=CC(=O)O. The fourth-order valence-corrected chi connectivity index (χ4v) is 0.789. The second kappa shape index (κ2) is 10.9. The van der Waals surface area contributed by atoms with Gasteiger partial charge in [0.1, 0.15) is 0 Å².